The SMILES string of the molecule is CC(C)n1cc(Oc2nc3ccccn3c2C=O)cn1. The zero-order valence-electron chi connectivity index (χ0n) is 11.2. The first kappa shape index (κ1) is 12.4. The van der Waals surface area contributed by atoms with Crippen molar-refractivity contribution in [2.75, 3.05) is 0 Å². The molecular formula is C14H14N4O2. The van der Waals surface area contributed by atoms with Gasteiger partial charge in [-0.1, -0.05) is 6.07 Å². The predicted molar refractivity (Wildman–Crippen MR) is 73.3 cm³/mol. The van der Waals surface area contributed by atoms with Crippen LogP contribution in [-0.4, -0.2) is 25.5 Å². The molecule has 0 unspecified atom stereocenters. The van der Waals surface area contributed by atoms with E-state index in [0.29, 0.717) is 17.1 Å². The van der Waals surface area contributed by atoms with Gasteiger partial charge in [0.15, 0.2) is 17.7 Å². The van der Waals surface area contributed by atoms with Gasteiger partial charge >= 0.3 is 0 Å². The highest BCUT2D eigenvalue weighted by Crippen LogP contribution is 2.24. The van der Waals surface area contributed by atoms with E-state index < -0.39 is 0 Å². The molecule has 0 atom stereocenters. The second-order valence-electron chi connectivity index (χ2n) is 4.70. The fourth-order valence-corrected chi connectivity index (χ4v) is 1.94. The molecule has 0 amide bonds. The van der Waals surface area contributed by atoms with Crippen LogP contribution in [0.3, 0.4) is 0 Å². The molecule has 0 spiro atoms. The van der Waals surface area contributed by atoms with Gasteiger partial charge in [-0.3, -0.25) is 13.9 Å². The van der Waals surface area contributed by atoms with Gasteiger partial charge in [-0.05, 0) is 26.0 Å². The summed E-state index contributed by atoms with van der Waals surface area (Å²) in [5, 5.41) is 4.19. The van der Waals surface area contributed by atoms with E-state index in [-0.39, 0.29) is 11.9 Å². The number of aldehydes is 1. The summed E-state index contributed by atoms with van der Waals surface area (Å²) >= 11 is 0. The van der Waals surface area contributed by atoms with Gasteiger partial charge < -0.3 is 4.74 Å². The fourth-order valence-electron chi connectivity index (χ4n) is 1.94. The molecule has 0 saturated carbocycles. The normalized spacial score (nSPS) is 11.2. The van der Waals surface area contributed by atoms with Crippen LogP contribution in [0.4, 0.5) is 0 Å². The van der Waals surface area contributed by atoms with Gasteiger partial charge in [0.2, 0.25) is 5.88 Å². The molecule has 0 aromatic carbocycles. The van der Waals surface area contributed by atoms with Gasteiger partial charge in [-0.15, -0.1) is 0 Å². The number of carbonyl (C=O) groups excluding carboxylic acids is 1. The van der Waals surface area contributed by atoms with Crippen molar-refractivity contribution in [3.8, 4) is 11.6 Å². The van der Waals surface area contributed by atoms with Crippen LogP contribution in [0.15, 0.2) is 36.8 Å². The second kappa shape index (κ2) is 4.80. The van der Waals surface area contributed by atoms with Crippen LogP contribution in [0.1, 0.15) is 30.4 Å². The maximum atomic E-state index is 11.2. The lowest BCUT2D eigenvalue weighted by Gasteiger charge is -2.03. The molecule has 3 heterocycles. The highest BCUT2D eigenvalue weighted by molar-refractivity contribution is 5.78. The Balaban J connectivity index is 1.99. The van der Waals surface area contributed by atoms with E-state index in [4.69, 9.17) is 4.74 Å². The molecule has 0 aliphatic rings. The Morgan fingerprint density at radius 1 is 1.35 bits per heavy atom. The van der Waals surface area contributed by atoms with Crippen molar-refractivity contribution in [1.29, 1.82) is 0 Å². The summed E-state index contributed by atoms with van der Waals surface area (Å²) in [6.07, 6.45) is 5.90. The number of imidazole rings is 1. The van der Waals surface area contributed by atoms with Crippen molar-refractivity contribution < 1.29 is 9.53 Å². The molecule has 6 heteroatoms. The quantitative estimate of drug-likeness (QED) is 0.684. The summed E-state index contributed by atoms with van der Waals surface area (Å²) in [5.74, 6) is 0.847. The average molecular weight is 270 g/mol. The molecule has 0 saturated heterocycles. The summed E-state index contributed by atoms with van der Waals surface area (Å²) < 4.78 is 9.14. The van der Waals surface area contributed by atoms with E-state index in [0.717, 1.165) is 6.29 Å². The van der Waals surface area contributed by atoms with Crippen LogP contribution in [-0.2, 0) is 0 Å². The van der Waals surface area contributed by atoms with E-state index >= 15 is 0 Å². The third kappa shape index (κ3) is 2.05. The minimum atomic E-state index is 0.249. The number of pyridine rings is 1. The van der Waals surface area contributed by atoms with E-state index in [1.165, 1.54) is 0 Å². The Hall–Kier alpha value is -2.63. The highest BCUT2D eigenvalue weighted by Gasteiger charge is 2.14. The van der Waals surface area contributed by atoms with Crippen LogP contribution in [0.5, 0.6) is 11.6 Å². The topological polar surface area (TPSA) is 61.4 Å². The molecule has 0 radical (unpaired) electrons. The van der Waals surface area contributed by atoms with Crippen LogP contribution in [0, 0.1) is 0 Å². The monoisotopic (exact) mass is 270 g/mol. The van der Waals surface area contributed by atoms with Crippen molar-refractivity contribution >= 4 is 11.9 Å². The lowest BCUT2D eigenvalue weighted by Crippen LogP contribution is -1.99. The number of hydrogen-bond acceptors (Lipinski definition) is 4. The van der Waals surface area contributed by atoms with E-state index in [1.54, 1.807) is 27.7 Å². The second-order valence-corrected chi connectivity index (χ2v) is 4.70. The number of nitrogens with zero attached hydrogens (tertiary/aromatic N) is 4. The molecular weight excluding hydrogens is 256 g/mol. The van der Waals surface area contributed by atoms with Crippen molar-refractivity contribution in [2.45, 2.75) is 19.9 Å². The van der Waals surface area contributed by atoms with Crippen LogP contribution in [0.25, 0.3) is 5.65 Å². The maximum absolute atomic E-state index is 11.2. The Morgan fingerprint density at radius 2 is 2.20 bits per heavy atom. The number of ether oxygens (including phenoxy) is 1. The fraction of sp³-hybridized carbons (Fsp3) is 0.214. The summed E-state index contributed by atoms with van der Waals surface area (Å²) in [4.78, 5) is 15.5. The van der Waals surface area contributed by atoms with E-state index in [1.807, 2.05) is 32.0 Å². The number of fused-ring (bicyclic) bond motifs is 1. The number of rotatable bonds is 4. The smallest absolute Gasteiger partial charge is 0.249 e. The summed E-state index contributed by atoms with van der Waals surface area (Å²) in [7, 11) is 0. The molecule has 102 valence electrons. The van der Waals surface area contributed by atoms with Gasteiger partial charge in [0, 0.05) is 12.2 Å². The first-order chi connectivity index (χ1) is 9.69. The standard InChI is InChI=1S/C14H14N4O2/c1-10(2)18-8-11(7-15-18)20-14-12(9-19)17-6-4-3-5-13(17)16-14/h3-10H,1-2H3. The Labute approximate surface area is 115 Å². The van der Waals surface area contributed by atoms with Crippen LogP contribution in [0.2, 0.25) is 0 Å². The molecule has 3 rings (SSSR count). The molecule has 3 aromatic rings. The van der Waals surface area contributed by atoms with Crippen molar-refractivity contribution in [3.05, 3.63) is 42.5 Å². The minimum Gasteiger partial charge on any atom is -0.434 e. The zero-order chi connectivity index (χ0) is 14.1. The first-order valence-electron chi connectivity index (χ1n) is 6.33. The summed E-state index contributed by atoms with van der Waals surface area (Å²) in [5.41, 5.74) is 1.05. The lowest BCUT2D eigenvalue weighted by molar-refractivity contribution is 0.111. The third-order valence-electron chi connectivity index (χ3n) is 2.97. The lowest BCUT2D eigenvalue weighted by atomic mass is 10.4. The molecule has 6 nitrogen and oxygen atoms in total. The number of carbonyl (C=O) groups is 1. The highest BCUT2D eigenvalue weighted by atomic mass is 16.5. The average Bonchev–Trinajstić information content (AvgIpc) is 3.02. The van der Waals surface area contributed by atoms with Gasteiger partial charge in [0.25, 0.3) is 0 Å². The number of aromatic nitrogens is 4. The van der Waals surface area contributed by atoms with Gasteiger partial charge in [-0.2, -0.15) is 10.1 Å². The Morgan fingerprint density at radius 3 is 2.90 bits per heavy atom. The summed E-state index contributed by atoms with van der Waals surface area (Å²) in [6.45, 7) is 4.05. The van der Waals surface area contributed by atoms with Crippen molar-refractivity contribution in [1.82, 2.24) is 19.2 Å². The van der Waals surface area contributed by atoms with Gasteiger partial charge in [0.05, 0.1) is 12.4 Å². The van der Waals surface area contributed by atoms with Crippen molar-refractivity contribution in [3.63, 3.8) is 0 Å². The molecule has 3 aromatic heterocycles. The van der Waals surface area contributed by atoms with Crippen LogP contribution < -0.4 is 4.74 Å². The van der Waals surface area contributed by atoms with Gasteiger partial charge in [-0.25, -0.2) is 0 Å². The van der Waals surface area contributed by atoms with E-state index in [2.05, 4.69) is 10.1 Å². The molecule has 0 aliphatic carbocycles. The molecule has 0 aliphatic heterocycles. The largest absolute Gasteiger partial charge is 0.434 e. The summed E-state index contributed by atoms with van der Waals surface area (Å²) in [6, 6.07) is 5.76. The molecule has 0 fully saturated rings. The molecule has 0 bridgehead atoms. The maximum Gasteiger partial charge on any atom is 0.249 e. The van der Waals surface area contributed by atoms with E-state index in [9.17, 15) is 4.79 Å². The Bertz CT molecular complexity index is 757. The number of hydrogen-bond donors (Lipinski definition) is 0. The van der Waals surface area contributed by atoms with Gasteiger partial charge in [0.1, 0.15) is 5.65 Å². The van der Waals surface area contributed by atoms with Crippen molar-refractivity contribution in [2.24, 2.45) is 0 Å². The first-order valence-corrected chi connectivity index (χ1v) is 6.33. The molecule has 0 N–H and O–H groups in total. The minimum absolute atomic E-state index is 0.249. The third-order valence-corrected chi connectivity index (χ3v) is 2.97. The molecule has 20 heavy (non-hydrogen) atoms. The zero-order valence-corrected chi connectivity index (χ0v) is 11.2. The predicted octanol–water partition coefficient (Wildman–Crippen LogP) is 2.72. The van der Waals surface area contributed by atoms with Crippen LogP contribution >= 0.6 is 0 Å². The Kier molecular flexibility index (Phi) is 2.98.